The van der Waals surface area contributed by atoms with E-state index in [9.17, 15) is 0 Å². The van der Waals surface area contributed by atoms with Crippen LogP contribution in [0, 0.1) is 0 Å². The van der Waals surface area contributed by atoms with Crippen LogP contribution >= 0.6 is 23.1 Å². The number of ether oxygens (including phenoxy) is 2. The third kappa shape index (κ3) is 2.82. The van der Waals surface area contributed by atoms with Gasteiger partial charge in [-0.25, -0.2) is 9.97 Å². The van der Waals surface area contributed by atoms with E-state index in [-0.39, 0.29) is 6.10 Å². The zero-order valence-corrected chi connectivity index (χ0v) is 13.5. The first-order valence-corrected chi connectivity index (χ1v) is 9.29. The summed E-state index contributed by atoms with van der Waals surface area (Å²) in [7, 11) is 0. The van der Waals surface area contributed by atoms with Crippen LogP contribution in [0.2, 0.25) is 0 Å². The van der Waals surface area contributed by atoms with Crippen LogP contribution in [0.15, 0.2) is 11.4 Å². The molecule has 1 atom stereocenters. The molecule has 0 radical (unpaired) electrons. The van der Waals surface area contributed by atoms with Crippen LogP contribution in [0.4, 0.5) is 0 Å². The van der Waals surface area contributed by atoms with Gasteiger partial charge in [0.25, 0.3) is 0 Å². The summed E-state index contributed by atoms with van der Waals surface area (Å²) in [5.74, 6) is 0.945. The normalized spacial score (nSPS) is 22.4. The van der Waals surface area contributed by atoms with Crippen molar-refractivity contribution in [1.29, 1.82) is 0 Å². The maximum absolute atomic E-state index is 5.62. The molecule has 112 valence electrons. The fourth-order valence-corrected chi connectivity index (χ4v) is 5.36. The molecule has 0 N–H and O–H groups in total. The topological polar surface area (TPSA) is 44.2 Å². The average Bonchev–Trinajstić information content (AvgIpc) is 2.93. The molecule has 2 aliphatic rings. The molecule has 1 aliphatic heterocycles. The molecule has 1 saturated heterocycles. The van der Waals surface area contributed by atoms with Crippen molar-refractivity contribution >= 4 is 33.3 Å². The Kier molecular flexibility index (Phi) is 4.12. The average molecular weight is 322 g/mol. The third-order valence-electron chi connectivity index (χ3n) is 4.09. The molecule has 0 amide bonds. The summed E-state index contributed by atoms with van der Waals surface area (Å²) < 4.78 is 10.9. The molecule has 0 unspecified atom stereocenters. The monoisotopic (exact) mass is 322 g/mol. The summed E-state index contributed by atoms with van der Waals surface area (Å²) in [6.45, 7) is 1.23. The van der Waals surface area contributed by atoms with Gasteiger partial charge < -0.3 is 9.47 Å². The highest BCUT2D eigenvalue weighted by Crippen LogP contribution is 2.39. The minimum absolute atomic E-state index is 0.281. The van der Waals surface area contributed by atoms with Gasteiger partial charge in [-0.2, -0.15) is 0 Å². The molecule has 4 nitrogen and oxygen atoms in total. The highest BCUT2D eigenvalue weighted by molar-refractivity contribution is 7.99. The fourth-order valence-electron chi connectivity index (χ4n) is 2.98. The van der Waals surface area contributed by atoms with Gasteiger partial charge >= 0.3 is 0 Å². The van der Waals surface area contributed by atoms with Crippen molar-refractivity contribution in [1.82, 2.24) is 9.97 Å². The number of rotatable bonds is 3. The van der Waals surface area contributed by atoms with Gasteiger partial charge in [-0.15, -0.1) is 23.1 Å². The van der Waals surface area contributed by atoms with Gasteiger partial charge in [-0.1, -0.05) is 0 Å². The standard InChI is InChI=1S/C15H18N2O2S2/c1-2-4-12-11(3-1)13-14(16-8-17-15(13)21-12)20-7-10-5-6-18-9-19-10/h8,10H,1-7,9H2/t10-/m0/s1. The summed E-state index contributed by atoms with van der Waals surface area (Å²) in [5, 5.41) is 2.45. The van der Waals surface area contributed by atoms with Crippen LogP contribution in [-0.2, 0) is 22.3 Å². The van der Waals surface area contributed by atoms with Crippen LogP contribution < -0.4 is 0 Å². The van der Waals surface area contributed by atoms with E-state index in [1.54, 1.807) is 6.33 Å². The number of aromatic nitrogens is 2. The fraction of sp³-hybridized carbons (Fsp3) is 0.600. The number of hydrogen-bond donors (Lipinski definition) is 0. The summed E-state index contributed by atoms with van der Waals surface area (Å²) in [5.41, 5.74) is 1.51. The minimum Gasteiger partial charge on any atom is -0.355 e. The lowest BCUT2D eigenvalue weighted by atomic mass is 9.97. The Hall–Kier alpha value is -0.690. The van der Waals surface area contributed by atoms with E-state index in [1.807, 2.05) is 23.1 Å². The maximum atomic E-state index is 5.62. The lowest BCUT2D eigenvalue weighted by molar-refractivity contribution is -0.130. The molecule has 3 heterocycles. The molecular weight excluding hydrogens is 304 g/mol. The van der Waals surface area contributed by atoms with Crippen LogP contribution in [0.5, 0.6) is 0 Å². The highest BCUT2D eigenvalue weighted by Gasteiger charge is 2.21. The summed E-state index contributed by atoms with van der Waals surface area (Å²) >= 11 is 3.67. The Labute approximate surface area is 132 Å². The number of fused-ring (bicyclic) bond motifs is 3. The Morgan fingerprint density at radius 2 is 2.24 bits per heavy atom. The lowest BCUT2D eigenvalue weighted by Gasteiger charge is -2.22. The minimum atomic E-state index is 0.281. The Balaban J connectivity index is 1.60. The van der Waals surface area contributed by atoms with Crippen molar-refractivity contribution in [2.45, 2.75) is 43.2 Å². The smallest absolute Gasteiger partial charge is 0.147 e. The molecule has 4 rings (SSSR count). The zero-order chi connectivity index (χ0) is 14.1. The molecule has 6 heteroatoms. The number of hydrogen-bond acceptors (Lipinski definition) is 6. The van der Waals surface area contributed by atoms with E-state index < -0.39 is 0 Å². The van der Waals surface area contributed by atoms with Crippen LogP contribution in [-0.4, -0.2) is 35.2 Å². The van der Waals surface area contributed by atoms with Gasteiger partial charge in [0.1, 0.15) is 23.0 Å². The van der Waals surface area contributed by atoms with E-state index in [1.165, 1.54) is 41.5 Å². The third-order valence-corrected chi connectivity index (χ3v) is 6.41. The van der Waals surface area contributed by atoms with Crippen LogP contribution in [0.3, 0.4) is 0 Å². The van der Waals surface area contributed by atoms with Gasteiger partial charge in [0, 0.05) is 16.0 Å². The van der Waals surface area contributed by atoms with Crippen molar-refractivity contribution in [2.24, 2.45) is 0 Å². The predicted octanol–water partition coefficient (Wildman–Crippen LogP) is 3.43. The lowest BCUT2D eigenvalue weighted by Crippen LogP contribution is -2.25. The van der Waals surface area contributed by atoms with Crippen molar-refractivity contribution in [3.05, 3.63) is 16.8 Å². The number of aryl methyl sites for hydroxylation is 2. The second kappa shape index (κ2) is 6.20. The van der Waals surface area contributed by atoms with Gasteiger partial charge in [0.15, 0.2) is 0 Å². The van der Waals surface area contributed by atoms with E-state index in [4.69, 9.17) is 9.47 Å². The predicted molar refractivity (Wildman–Crippen MR) is 85.1 cm³/mol. The molecule has 1 fully saturated rings. The number of nitrogens with zero attached hydrogens (tertiary/aromatic N) is 2. The molecule has 0 spiro atoms. The Morgan fingerprint density at radius 1 is 1.29 bits per heavy atom. The largest absolute Gasteiger partial charge is 0.355 e. The highest BCUT2D eigenvalue weighted by atomic mass is 32.2. The van der Waals surface area contributed by atoms with Crippen molar-refractivity contribution in [3.63, 3.8) is 0 Å². The van der Waals surface area contributed by atoms with Gasteiger partial charge in [0.05, 0.1) is 12.7 Å². The first kappa shape index (κ1) is 13.9. The summed E-state index contributed by atoms with van der Waals surface area (Å²) in [4.78, 5) is 11.7. The number of thiophene rings is 1. The second-order valence-corrected chi connectivity index (χ2v) is 7.58. The first-order chi connectivity index (χ1) is 10.4. The first-order valence-electron chi connectivity index (χ1n) is 7.49. The second-order valence-electron chi connectivity index (χ2n) is 5.48. The summed E-state index contributed by atoms with van der Waals surface area (Å²) in [6, 6.07) is 0. The van der Waals surface area contributed by atoms with E-state index in [0.29, 0.717) is 6.79 Å². The van der Waals surface area contributed by atoms with Crippen molar-refractivity contribution in [2.75, 3.05) is 19.2 Å². The van der Waals surface area contributed by atoms with Gasteiger partial charge in [-0.3, -0.25) is 0 Å². The maximum Gasteiger partial charge on any atom is 0.147 e. The number of thioether (sulfide) groups is 1. The molecule has 0 bridgehead atoms. The van der Waals surface area contributed by atoms with Gasteiger partial charge in [-0.05, 0) is 37.7 Å². The molecule has 0 aromatic carbocycles. The molecule has 21 heavy (non-hydrogen) atoms. The Morgan fingerprint density at radius 3 is 3.14 bits per heavy atom. The van der Waals surface area contributed by atoms with E-state index in [2.05, 4.69) is 9.97 Å². The van der Waals surface area contributed by atoms with Gasteiger partial charge in [0.2, 0.25) is 0 Å². The van der Waals surface area contributed by atoms with Crippen LogP contribution in [0.1, 0.15) is 29.7 Å². The van der Waals surface area contributed by atoms with Crippen molar-refractivity contribution in [3.8, 4) is 0 Å². The van der Waals surface area contributed by atoms with Crippen LogP contribution in [0.25, 0.3) is 10.2 Å². The molecule has 2 aromatic heterocycles. The SMILES string of the molecule is c1nc(SC[C@@H]2CCOCO2)c2c3c(sc2n1)CCCC3. The molecule has 2 aromatic rings. The quantitative estimate of drug-likeness (QED) is 0.640. The van der Waals surface area contributed by atoms with E-state index in [0.717, 1.165) is 28.6 Å². The molecule has 0 saturated carbocycles. The zero-order valence-electron chi connectivity index (χ0n) is 11.8. The Bertz CT molecular complexity index is 638. The molecular formula is C15H18N2O2S2. The van der Waals surface area contributed by atoms with E-state index >= 15 is 0 Å². The molecule has 1 aliphatic carbocycles. The van der Waals surface area contributed by atoms with Crippen molar-refractivity contribution < 1.29 is 9.47 Å². The summed E-state index contributed by atoms with van der Waals surface area (Å²) in [6.07, 6.45) is 7.96.